The zero-order valence-electron chi connectivity index (χ0n) is 19.7. The number of hydrogen-bond acceptors (Lipinski definition) is 8. The highest BCUT2D eigenvalue weighted by Crippen LogP contribution is 2.41. The number of hydrogen-bond donors (Lipinski definition) is 3. The number of ether oxygens (including phenoxy) is 1. The van der Waals surface area contributed by atoms with Crippen LogP contribution in [0.2, 0.25) is 0 Å². The van der Waals surface area contributed by atoms with Crippen LogP contribution in [-0.2, 0) is 31.3 Å². The number of rotatable bonds is 10. The zero-order valence-corrected chi connectivity index (χ0v) is 22.2. The number of alkyl halides is 2. The number of aromatic nitrogens is 1. The molecule has 14 heteroatoms. The average Bonchev–Trinajstić information content (AvgIpc) is 3.10. The Hall–Kier alpha value is -1.71. The minimum atomic E-state index is -4.32. The van der Waals surface area contributed by atoms with Crippen molar-refractivity contribution in [3.05, 3.63) is 33.8 Å². The van der Waals surface area contributed by atoms with Gasteiger partial charge >= 0.3 is 0 Å². The number of primary sulfonamides is 1. The van der Waals surface area contributed by atoms with Crippen molar-refractivity contribution in [3.63, 3.8) is 0 Å². The third-order valence-electron chi connectivity index (χ3n) is 6.00. The van der Waals surface area contributed by atoms with Gasteiger partial charge in [0.2, 0.25) is 26.0 Å². The first-order valence-electron chi connectivity index (χ1n) is 11.0. The molecule has 1 fully saturated rings. The van der Waals surface area contributed by atoms with E-state index in [1.165, 1.54) is 23.5 Å². The van der Waals surface area contributed by atoms with Gasteiger partial charge in [0.05, 0.1) is 28.4 Å². The van der Waals surface area contributed by atoms with Gasteiger partial charge in [-0.25, -0.2) is 40.5 Å². The van der Waals surface area contributed by atoms with Crippen LogP contribution < -0.4 is 15.2 Å². The number of nitrogens with zero attached hydrogens (tertiary/aromatic N) is 1. The molecule has 1 heterocycles. The maximum absolute atomic E-state index is 13.7. The highest BCUT2D eigenvalue weighted by atomic mass is 32.2. The van der Waals surface area contributed by atoms with Gasteiger partial charge in [0.1, 0.15) is 9.90 Å². The number of thiazole rings is 1. The van der Waals surface area contributed by atoms with E-state index >= 15 is 0 Å². The smallest absolute Gasteiger partial charge is 0.248 e. The monoisotopic (exact) mass is 552 g/mol. The Labute approximate surface area is 208 Å². The lowest BCUT2D eigenvalue weighted by Gasteiger charge is -2.40. The summed E-state index contributed by atoms with van der Waals surface area (Å²) in [5.41, 5.74) is -0.0285. The van der Waals surface area contributed by atoms with Gasteiger partial charge in [-0.3, -0.25) is 0 Å². The Morgan fingerprint density at radius 3 is 2.34 bits per heavy atom. The van der Waals surface area contributed by atoms with Crippen LogP contribution in [0.15, 0.2) is 28.0 Å². The molecule has 3 rings (SSSR count). The minimum Gasteiger partial charge on any atom is -0.381 e. The molecule has 1 aromatic heterocycles. The van der Waals surface area contributed by atoms with Crippen LogP contribution in [0.3, 0.4) is 0 Å². The number of nitrogens with two attached hydrogens (primary N) is 1. The SMILES string of the molecule is CCOC1(CNc2ccc(S(=O)(=O)NCc3nc(C)c(C)s3)cc2S(N)(=O)=O)CCC(F)(F)CC1. The van der Waals surface area contributed by atoms with Gasteiger partial charge in [-0.15, -0.1) is 11.3 Å². The lowest BCUT2D eigenvalue weighted by Crippen LogP contribution is -2.46. The molecule has 2 aromatic rings. The Morgan fingerprint density at radius 1 is 1.14 bits per heavy atom. The second kappa shape index (κ2) is 10.3. The van der Waals surface area contributed by atoms with Crippen molar-refractivity contribution >= 4 is 37.1 Å². The number of halogens is 2. The summed E-state index contributed by atoms with van der Waals surface area (Å²) in [6.07, 6.45) is -0.481. The van der Waals surface area contributed by atoms with Crippen LogP contribution in [0.25, 0.3) is 0 Å². The van der Waals surface area contributed by atoms with E-state index in [-0.39, 0.29) is 49.4 Å². The molecule has 1 saturated carbocycles. The fourth-order valence-corrected chi connectivity index (χ4v) is 6.70. The van der Waals surface area contributed by atoms with Crippen molar-refractivity contribution in [3.8, 4) is 0 Å². The first-order valence-corrected chi connectivity index (χ1v) is 14.9. The van der Waals surface area contributed by atoms with Gasteiger partial charge in [-0.2, -0.15) is 0 Å². The van der Waals surface area contributed by atoms with E-state index in [2.05, 4.69) is 15.0 Å². The van der Waals surface area contributed by atoms with Gasteiger partial charge in [0.15, 0.2) is 0 Å². The normalized spacial score (nSPS) is 17.9. The second-order valence-electron chi connectivity index (χ2n) is 8.60. The van der Waals surface area contributed by atoms with Crippen molar-refractivity contribution in [1.82, 2.24) is 9.71 Å². The van der Waals surface area contributed by atoms with E-state index in [0.29, 0.717) is 11.6 Å². The van der Waals surface area contributed by atoms with Crippen molar-refractivity contribution in [2.75, 3.05) is 18.5 Å². The van der Waals surface area contributed by atoms with Crippen LogP contribution in [0.5, 0.6) is 0 Å². The Kier molecular flexibility index (Phi) is 8.24. The highest BCUT2D eigenvalue weighted by molar-refractivity contribution is 7.90. The van der Waals surface area contributed by atoms with Gasteiger partial charge in [-0.1, -0.05) is 0 Å². The molecule has 0 amide bonds. The van der Waals surface area contributed by atoms with E-state index in [1.54, 1.807) is 6.92 Å². The summed E-state index contributed by atoms with van der Waals surface area (Å²) in [5, 5.41) is 8.88. The summed E-state index contributed by atoms with van der Waals surface area (Å²) in [7, 11) is -8.38. The number of sulfonamides is 2. The highest BCUT2D eigenvalue weighted by Gasteiger charge is 2.44. The Balaban J connectivity index is 1.82. The molecule has 0 atom stereocenters. The van der Waals surface area contributed by atoms with Crippen molar-refractivity contribution in [2.45, 2.75) is 74.3 Å². The lowest BCUT2D eigenvalue weighted by atomic mass is 9.82. The topological polar surface area (TPSA) is 140 Å². The summed E-state index contributed by atoms with van der Waals surface area (Å²) in [6, 6.07) is 3.52. The Morgan fingerprint density at radius 2 is 1.80 bits per heavy atom. The van der Waals surface area contributed by atoms with Crippen LogP contribution >= 0.6 is 11.3 Å². The molecule has 1 aliphatic rings. The quantitative estimate of drug-likeness (QED) is 0.411. The van der Waals surface area contributed by atoms with Crippen molar-refractivity contribution in [1.29, 1.82) is 0 Å². The van der Waals surface area contributed by atoms with E-state index in [4.69, 9.17) is 9.88 Å². The summed E-state index contributed by atoms with van der Waals surface area (Å²) in [5.74, 6) is -2.76. The summed E-state index contributed by atoms with van der Waals surface area (Å²) >= 11 is 1.36. The van der Waals surface area contributed by atoms with Crippen LogP contribution in [0, 0.1) is 13.8 Å². The molecule has 35 heavy (non-hydrogen) atoms. The first kappa shape index (κ1) is 27.9. The van der Waals surface area contributed by atoms with Crippen LogP contribution in [0.4, 0.5) is 14.5 Å². The largest absolute Gasteiger partial charge is 0.381 e. The van der Waals surface area contributed by atoms with Crippen molar-refractivity contribution < 1.29 is 30.4 Å². The van der Waals surface area contributed by atoms with Gasteiger partial charge < -0.3 is 10.1 Å². The molecule has 196 valence electrons. The standard InChI is InChI=1S/C21H30F2N4O5S3/c1-4-32-20(7-9-21(22,23)10-8-20)13-25-17-6-5-16(11-18(17)34(24,28)29)35(30,31)26-12-19-27-14(2)15(3)33-19/h5-6,11,25-26H,4,7-10,12-13H2,1-3H3,(H2,24,28,29). The molecule has 1 aliphatic carbocycles. The van der Waals surface area contributed by atoms with Gasteiger partial charge in [-0.05, 0) is 51.8 Å². The zero-order chi connectivity index (χ0) is 26.1. The molecule has 0 unspecified atom stereocenters. The predicted molar refractivity (Wildman–Crippen MR) is 130 cm³/mol. The maximum atomic E-state index is 13.7. The molecule has 4 N–H and O–H groups in total. The number of aryl methyl sites for hydroxylation is 2. The fraction of sp³-hybridized carbons (Fsp3) is 0.571. The van der Waals surface area contributed by atoms with Gasteiger partial charge in [0, 0.05) is 30.9 Å². The molecule has 0 spiro atoms. The molecule has 9 nitrogen and oxygen atoms in total. The number of benzene rings is 1. The van der Waals surface area contributed by atoms with E-state index < -0.39 is 36.5 Å². The second-order valence-corrected chi connectivity index (χ2v) is 13.2. The molecular weight excluding hydrogens is 522 g/mol. The molecule has 0 bridgehead atoms. The third-order valence-corrected chi connectivity index (χ3v) is 9.42. The van der Waals surface area contributed by atoms with E-state index in [9.17, 15) is 25.6 Å². The fourth-order valence-electron chi connectivity index (χ4n) is 3.91. The van der Waals surface area contributed by atoms with E-state index in [0.717, 1.165) is 16.6 Å². The molecule has 0 radical (unpaired) electrons. The molecule has 0 aliphatic heterocycles. The maximum Gasteiger partial charge on any atom is 0.248 e. The van der Waals surface area contributed by atoms with Crippen molar-refractivity contribution in [2.24, 2.45) is 5.14 Å². The summed E-state index contributed by atoms with van der Waals surface area (Å²) in [6.45, 7) is 5.77. The first-order chi connectivity index (χ1) is 16.2. The molecule has 0 saturated heterocycles. The number of anilines is 1. The average molecular weight is 553 g/mol. The van der Waals surface area contributed by atoms with Crippen LogP contribution in [-0.4, -0.2) is 46.5 Å². The number of nitrogens with one attached hydrogen (secondary N) is 2. The molecule has 1 aromatic carbocycles. The molecular formula is C21H30F2N4O5S3. The van der Waals surface area contributed by atoms with Crippen LogP contribution in [0.1, 0.15) is 48.2 Å². The lowest BCUT2D eigenvalue weighted by molar-refractivity contribution is -0.124. The van der Waals surface area contributed by atoms with E-state index in [1.807, 2.05) is 13.8 Å². The summed E-state index contributed by atoms with van der Waals surface area (Å²) < 4.78 is 85.7. The minimum absolute atomic E-state index is 0.0477. The predicted octanol–water partition coefficient (Wildman–Crippen LogP) is 3.28. The Bertz CT molecular complexity index is 1250. The van der Waals surface area contributed by atoms with Gasteiger partial charge in [0.25, 0.3) is 0 Å². The third kappa shape index (κ3) is 6.95. The summed E-state index contributed by atoms with van der Waals surface area (Å²) in [4.78, 5) is 4.55.